The minimum Gasteiger partial charge on any atom is -0.375 e. The molecule has 1 aliphatic rings. The monoisotopic (exact) mass is 243 g/mol. The van der Waals surface area contributed by atoms with Crippen LogP contribution in [-0.2, 0) is 4.74 Å². The Morgan fingerprint density at radius 1 is 1.22 bits per heavy atom. The zero-order valence-electron chi connectivity index (χ0n) is 10.8. The van der Waals surface area contributed by atoms with Crippen LogP contribution in [0.15, 0.2) is 24.3 Å². The molecule has 0 aliphatic carbocycles. The summed E-state index contributed by atoms with van der Waals surface area (Å²) in [5.41, 5.74) is 2.90. The number of hydrogen-bond donors (Lipinski definition) is 0. The van der Waals surface area contributed by atoms with Crippen molar-refractivity contribution >= 4 is 16.9 Å². The molecule has 2 heterocycles. The van der Waals surface area contributed by atoms with Crippen molar-refractivity contribution in [2.75, 3.05) is 24.6 Å². The third-order valence-corrected chi connectivity index (χ3v) is 3.26. The van der Waals surface area contributed by atoms with Gasteiger partial charge in [0.1, 0.15) is 0 Å². The summed E-state index contributed by atoms with van der Waals surface area (Å²) in [4.78, 5) is 11.6. The van der Waals surface area contributed by atoms with Gasteiger partial charge < -0.3 is 9.64 Å². The average molecular weight is 243 g/mol. The van der Waals surface area contributed by atoms with Crippen molar-refractivity contribution in [3.63, 3.8) is 0 Å². The van der Waals surface area contributed by atoms with Gasteiger partial charge in [-0.3, -0.25) is 0 Å². The molecular weight excluding hydrogens is 226 g/mol. The molecule has 1 atom stereocenters. The number of benzene rings is 1. The molecule has 1 saturated heterocycles. The number of nitrogens with zero attached hydrogens (tertiary/aromatic N) is 3. The van der Waals surface area contributed by atoms with E-state index in [1.54, 1.807) is 0 Å². The van der Waals surface area contributed by atoms with Gasteiger partial charge in [-0.25, -0.2) is 9.97 Å². The number of aromatic nitrogens is 2. The maximum Gasteiger partial charge on any atom is 0.150 e. The van der Waals surface area contributed by atoms with Gasteiger partial charge in [-0.05, 0) is 26.0 Å². The van der Waals surface area contributed by atoms with Crippen LogP contribution in [0.25, 0.3) is 11.0 Å². The predicted molar refractivity (Wildman–Crippen MR) is 71.9 cm³/mol. The van der Waals surface area contributed by atoms with Gasteiger partial charge in [0.05, 0.1) is 29.4 Å². The molecule has 1 aliphatic heterocycles. The number of rotatable bonds is 1. The van der Waals surface area contributed by atoms with Gasteiger partial charge >= 0.3 is 0 Å². The van der Waals surface area contributed by atoms with Crippen LogP contribution in [0.3, 0.4) is 0 Å². The Hall–Kier alpha value is -1.68. The molecule has 0 spiro atoms. The summed E-state index contributed by atoms with van der Waals surface area (Å²) in [6.07, 6.45) is 0.256. The quantitative estimate of drug-likeness (QED) is 0.769. The number of hydrogen-bond acceptors (Lipinski definition) is 4. The van der Waals surface area contributed by atoms with E-state index in [4.69, 9.17) is 9.72 Å². The summed E-state index contributed by atoms with van der Waals surface area (Å²) in [5.74, 6) is 0.990. The summed E-state index contributed by atoms with van der Waals surface area (Å²) < 4.78 is 5.57. The second-order valence-corrected chi connectivity index (χ2v) is 4.75. The van der Waals surface area contributed by atoms with Crippen LogP contribution in [0.4, 0.5) is 5.82 Å². The number of ether oxygens (including phenoxy) is 1. The third-order valence-electron chi connectivity index (χ3n) is 3.26. The van der Waals surface area contributed by atoms with Crippen LogP contribution < -0.4 is 4.90 Å². The molecule has 0 N–H and O–H groups in total. The highest BCUT2D eigenvalue weighted by molar-refractivity contribution is 5.76. The van der Waals surface area contributed by atoms with E-state index in [1.807, 2.05) is 31.2 Å². The summed E-state index contributed by atoms with van der Waals surface area (Å²) in [6, 6.07) is 8.00. The smallest absolute Gasteiger partial charge is 0.150 e. The van der Waals surface area contributed by atoms with E-state index in [0.29, 0.717) is 0 Å². The van der Waals surface area contributed by atoms with Crippen molar-refractivity contribution < 1.29 is 4.74 Å². The molecule has 3 rings (SSSR count). The number of para-hydroxylation sites is 2. The summed E-state index contributed by atoms with van der Waals surface area (Å²) >= 11 is 0. The molecular formula is C14H17N3O. The van der Waals surface area contributed by atoms with Gasteiger partial charge in [-0.1, -0.05) is 12.1 Å². The maximum atomic E-state index is 5.57. The molecule has 1 aromatic heterocycles. The van der Waals surface area contributed by atoms with Crippen molar-refractivity contribution in [3.05, 3.63) is 30.0 Å². The van der Waals surface area contributed by atoms with Crippen LogP contribution in [0.1, 0.15) is 12.6 Å². The Morgan fingerprint density at radius 3 is 2.67 bits per heavy atom. The lowest BCUT2D eigenvalue weighted by atomic mass is 10.2. The number of anilines is 1. The molecule has 4 heteroatoms. The molecule has 0 bridgehead atoms. The first-order valence-corrected chi connectivity index (χ1v) is 6.34. The molecule has 2 aromatic rings. The average Bonchev–Trinajstić information content (AvgIpc) is 2.38. The van der Waals surface area contributed by atoms with Gasteiger partial charge in [0.15, 0.2) is 5.82 Å². The van der Waals surface area contributed by atoms with Crippen molar-refractivity contribution in [3.8, 4) is 0 Å². The minimum absolute atomic E-state index is 0.256. The van der Waals surface area contributed by atoms with Gasteiger partial charge in [0.2, 0.25) is 0 Å². The molecule has 0 amide bonds. The Morgan fingerprint density at radius 2 is 1.94 bits per heavy atom. The van der Waals surface area contributed by atoms with E-state index in [-0.39, 0.29) is 6.10 Å². The van der Waals surface area contributed by atoms with E-state index < -0.39 is 0 Å². The molecule has 0 unspecified atom stereocenters. The normalized spacial score (nSPS) is 20.3. The Kier molecular flexibility index (Phi) is 2.88. The SMILES string of the molecule is Cc1nc2ccccc2nc1N1CCO[C@H](C)C1. The summed E-state index contributed by atoms with van der Waals surface area (Å²) in [6.45, 7) is 6.64. The third kappa shape index (κ3) is 2.04. The molecule has 1 fully saturated rings. The lowest BCUT2D eigenvalue weighted by molar-refractivity contribution is 0.0529. The standard InChI is InChI=1S/C14H17N3O/c1-10-9-17(7-8-18-10)14-11(2)15-12-5-3-4-6-13(12)16-14/h3-6,10H,7-9H2,1-2H3/t10-/m1/s1. The van der Waals surface area contributed by atoms with E-state index in [1.165, 1.54) is 0 Å². The highest BCUT2D eigenvalue weighted by atomic mass is 16.5. The van der Waals surface area contributed by atoms with Crippen LogP contribution >= 0.6 is 0 Å². The fourth-order valence-electron chi connectivity index (χ4n) is 2.39. The Bertz CT molecular complexity index is 570. The highest BCUT2D eigenvalue weighted by Crippen LogP contribution is 2.21. The van der Waals surface area contributed by atoms with Crippen molar-refractivity contribution in [2.24, 2.45) is 0 Å². The summed E-state index contributed by atoms with van der Waals surface area (Å²) in [5, 5.41) is 0. The first-order chi connectivity index (χ1) is 8.74. The molecule has 94 valence electrons. The van der Waals surface area contributed by atoms with Gasteiger partial charge in [0, 0.05) is 13.1 Å². The van der Waals surface area contributed by atoms with Crippen LogP contribution in [-0.4, -0.2) is 35.8 Å². The van der Waals surface area contributed by atoms with Crippen LogP contribution in [0.2, 0.25) is 0 Å². The van der Waals surface area contributed by atoms with Crippen molar-refractivity contribution in [2.45, 2.75) is 20.0 Å². The second-order valence-electron chi connectivity index (χ2n) is 4.75. The summed E-state index contributed by atoms with van der Waals surface area (Å²) in [7, 11) is 0. The molecule has 0 radical (unpaired) electrons. The zero-order valence-corrected chi connectivity index (χ0v) is 10.8. The molecule has 4 nitrogen and oxygen atoms in total. The molecule has 1 aromatic carbocycles. The number of aryl methyl sites for hydroxylation is 1. The number of morpholine rings is 1. The fraction of sp³-hybridized carbons (Fsp3) is 0.429. The molecule has 0 saturated carbocycles. The van der Waals surface area contributed by atoms with Gasteiger partial charge in [0.25, 0.3) is 0 Å². The van der Waals surface area contributed by atoms with Crippen molar-refractivity contribution in [1.29, 1.82) is 0 Å². The van der Waals surface area contributed by atoms with E-state index in [9.17, 15) is 0 Å². The number of fused-ring (bicyclic) bond motifs is 1. The maximum absolute atomic E-state index is 5.57. The Balaban J connectivity index is 2.02. The molecule has 18 heavy (non-hydrogen) atoms. The van der Waals surface area contributed by atoms with E-state index >= 15 is 0 Å². The largest absolute Gasteiger partial charge is 0.375 e. The Labute approximate surface area is 107 Å². The lowest BCUT2D eigenvalue weighted by Gasteiger charge is -2.32. The van der Waals surface area contributed by atoms with Gasteiger partial charge in [-0.15, -0.1) is 0 Å². The topological polar surface area (TPSA) is 38.2 Å². The van der Waals surface area contributed by atoms with Crippen LogP contribution in [0, 0.1) is 6.92 Å². The van der Waals surface area contributed by atoms with Gasteiger partial charge in [-0.2, -0.15) is 0 Å². The van der Waals surface area contributed by atoms with E-state index in [2.05, 4.69) is 16.8 Å². The van der Waals surface area contributed by atoms with E-state index in [0.717, 1.165) is 42.2 Å². The first kappa shape index (κ1) is 11.4. The van der Waals surface area contributed by atoms with Crippen LogP contribution in [0.5, 0.6) is 0 Å². The van der Waals surface area contributed by atoms with Crippen molar-refractivity contribution in [1.82, 2.24) is 9.97 Å². The lowest BCUT2D eigenvalue weighted by Crippen LogP contribution is -2.42. The minimum atomic E-state index is 0.256. The predicted octanol–water partition coefficient (Wildman–Crippen LogP) is 2.16. The second kappa shape index (κ2) is 4.53. The highest BCUT2D eigenvalue weighted by Gasteiger charge is 2.20. The zero-order chi connectivity index (χ0) is 12.5. The first-order valence-electron chi connectivity index (χ1n) is 6.34. The fourth-order valence-corrected chi connectivity index (χ4v) is 2.39.